The van der Waals surface area contributed by atoms with E-state index in [0.717, 1.165) is 5.56 Å². The van der Waals surface area contributed by atoms with E-state index in [1.54, 1.807) is 32.9 Å². The van der Waals surface area contributed by atoms with Crippen molar-refractivity contribution in [2.24, 2.45) is 0 Å². The van der Waals surface area contributed by atoms with Gasteiger partial charge in [0.1, 0.15) is 16.3 Å². The average molecular weight is 353 g/mol. The Balaban J connectivity index is 2.13. The van der Waals surface area contributed by atoms with Crippen LogP contribution >= 0.6 is 0 Å². The lowest BCUT2D eigenvalue weighted by molar-refractivity contribution is 0.0315. The molecule has 1 amide bonds. The third kappa shape index (κ3) is 4.99. The number of rotatable bonds is 3. The zero-order valence-corrected chi connectivity index (χ0v) is 15.2. The van der Waals surface area contributed by atoms with Gasteiger partial charge < -0.3 is 8.92 Å². The molecule has 0 aromatic heterocycles. The summed E-state index contributed by atoms with van der Waals surface area (Å²) in [7, 11) is -3.91. The van der Waals surface area contributed by atoms with Crippen LogP contribution in [-0.4, -0.2) is 31.6 Å². The summed E-state index contributed by atoms with van der Waals surface area (Å²) in [6.07, 6.45) is 1.94. The maximum absolute atomic E-state index is 12.3. The second kappa shape index (κ2) is 6.84. The highest BCUT2D eigenvalue weighted by molar-refractivity contribution is 7.86. The highest BCUT2D eigenvalue weighted by Gasteiger charge is 2.26. The van der Waals surface area contributed by atoms with Gasteiger partial charge in [-0.3, -0.25) is 4.90 Å². The lowest BCUT2D eigenvalue weighted by Gasteiger charge is -2.28. The van der Waals surface area contributed by atoms with Gasteiger partial charge in [0.15, 0.2) is 0 Å². The molecule has 0 saturated carbocycles. The molecule has 0 saturated heterocycles. The minimum absolute atomic E-state index is 0.0865. The van der Waals surface area contributed by atoms with Crippen LogP contribution < -0.4 is 0 Å². The van der Waals surface area contributed by atoms with Crippen molar-refractivity contribution in [2.75, 3.05) is 6.54 Å². The van der Waals surface area contributed by atoms with Crippen molar-refractivity contribution in [2.45, 2.75) is 51.0 Å². The van der Waals surface area contributed by atoms with Crippen LogP contribution in [0.15, 0.2) is 41.1 Å². The molecule has 24 heavy (non-hydrogen) atoms. The molecule has 1 aliphatic heterocycles. The molecule has 0 N–H and O–H groups in total. The number of amides is 1. The fourth-order valence-electron chi connectivity index (χ4n) is 2.15. The second-order valence-corrected chi connectivity index (χ2v) is 8.27. The zero-order chi connectivity index (χ0) is 18.0. The SMILES string of the molecule is Cc1ccc(S(=O)(=O)OC2=CN(C(=O)OC(C)(C)C)CCC2)cc1. The monoisotopic (exact) mass is 353 g/mol. The van der Waals surface area contributed by atoms with Gasteiger partial charge in [-0.1, -0.05) is 17.7 Å². The Hall–Kier alpha value is -2.02. The van der Waals surface area contributed by atoms with Crippen LogP contribution in [0.25, 0.3) is 0 Å². The summed E-state index contributed by atoms with van der Waals surface area (Å²) < 4.78 is 35.1. The number of hydrogen-bond acceptors (Lipinski definition) is 5. The van der Waals surface area contributed by atoms with Crippen molar-refractivity contribution >= 4 is 16.2 Å². The van der Waals surface area contributed by atoms with E-state index in [-0.39, 0.29) is 10.7 Å². The van der Waals surface area contributed by atoms with Crippen molar-refractivity contribution in [1.29, 1.82) is 0 Å². The summed E-state index contributed by atoms with van der Waals surface area (Å²) in [5.41, 5.74) is 0.346. The molecule has 0 unspecified atom stereocenters. The van der Waals surface area contributed by atoms with Gasteiger partial charge in [-0.25, -0.2) is 4.79 Å². The maximum atomic E-state index is 12.3. The van der Waals surface area contributed by atoms with Gasteiger partial charge in [0.25, 0.3) is 0 Å². The van der Waals surface area contributed by atoms with E-state index in [0.29, 0.717) is 19.4 Å². The minimum Gasteiger partial charge on any atom is -0.443 e. The first-order valence-electron chi connectivity index (χ1n) is 7.78. The first kappa shape index (κ1) is 18.3. The molecule has 0 fully saturated rings. The van der Waals surface area contributed by atoms with Crippen LogP contribution in [0.4, 0.5) is 4.79 Å². The summed E-state index contributed by atoms with van der Waals surface area (Å²) in [5.74, 6) is 0.229. The van der Waals surface area contributed by atoms with Gasteiger partial charge in [-0.05, 0) is 46.2 Å². The Morgan fingerprint density at radius 2 is 1.79 bits per heavy atom. The highest BCUT2D eigenvalue weighted by atomic mass is 32.2. The molecule has 0 atom stereocenters. The first-order valence-corrected chi connectivity index (χ1v) is 9.19. The van der Waals surface area contributed by atoms with Gasteiger partial charge >= 0.3 is 16.2 Å². The molecular formula is C17H23NO5S. The topological polar surface area (TPSA) is 72.9 Å². The molecule has 2 rings (SSSR count). The van der Waals surface area contributed by atoms with E-state index in [1.165, 1.54) is 23.2 Å². The van der Waals surface area contributed by atoms with Crippen LogP contribution in [0.3, 0.4) is 0 Å². The number of benzene rings is 1. The molecule has 1 aliphatic rings. The normalized spacial score (nSPS) is 15.7. The predicted octanol–water partition coefficient (Wildman–Crippen LogP) is 3.57. The number of allylic oxidation sites excluding steroid dienone is 1. The number of hydrogen-bond donors (Lipinski definition) is 0. The molecule has 6 nitrogen and oxygen atoms in total. The third-order valence-corrected chi connectivity index (χ3v) is 4.56. The number of carbonyl (C=O) groups excluding carboxylic acids is 1. The van der Waals surface area contributed by atoms with Crippen LogP contribution in [0.5, 0.6) is 0 Å². The van der Waals surface area contributed by atoms with E-state index in [4.69, 9.17) is 8.92 Å². The van der Waals surface area contributed by atoms with E-state index >= 15 is 0 Å². The zero-order valence-electron chi connectivity index (χ0n) is 14.4. The number of aryl methyl sites for hydroxylation is 1. The Bertz CT molecular complexity index is 729. The van der Waals surface area contributed by atoms with Crippen molar-refractivity contribution < 1.29 is 22.1 Å². The van der Waals surface area contributed by atoms with Gasteiger partial charge in [0.2, 0.25) is 0 Å². The number of nitrogens with zero attached hydrogens (tertiary/aromatic N) is 1. The Morgan fingerprint density at radius 1 is 1.17 bits per heavy atom. The summed E-state index contributed by atoms with van der Waals surface area (Å²) in [6.45, 7) is 7.67. The molecule has 0 spiro atoms. The molecule has 0 radical (unpaired) electrons. The van der Waals surface area contributed by atoms with Crippen LogP contribution in [0, 0.1) is 6.92 Å². The molecule has 1 aromatic rings. The summed E-state index contributed by atoms with van der Waals surface area (Å²) in [6, 6.07) is 6.41. The molecule has 1 aromatic carbocycles. The fourth-order valence-corrected chi connectivity index (χ4v) is 3.12. The number of ether oxygens (including phenoxy) is 1. The Labute approximate surface area is 143 Å². The molecule has 0 bridgehead atoms. The van der Waals surface area contributed by atoms with Gasteiger partial charge in [-0.15, -0.1) is 0 Å². The lowest BCUT2D eigenvalue weighted by Crippen LogP contribution is -2.36. The van der Waals surface area contributed by atoms with Crippen molar-refractivity contribution in [3.8, 4) is 0 Å². The van der Waals surface area contributed by atoms with E-state index in [1.807, 2.05) is 6.92 Å². The molecule has 7 heteroatoms. The van der Waals surface area contributed by atoms with Crippen molar-refractivity contribution in [1.82, 2.24) is 4.90 Å². The standard InChI is InChI=1S/C17H23NO5S/c1-13-7-9-15(10-8-13)24(20,21)23-14-6-5-11-18(12-14)16(19)22-17(2,3)4/h7-10,12H,5-6,11H2,1-4H3. The molecule has 132 valence electrons. The quantitative estimate of drug-likeness (QED) is 0.777. The van der Waals surface area contributed by atoms with Gasteiger partial charge in [0, 0.05) is 19.2 Å². The average Bonchev–Trinajstić information content (AvgIpc) is 2.45. The Morgan fingerprint density at radius 3 is 2.38 bits per heavy atom. The maximum Gasteiger partial charge on any atom is 0.414 e. The second-order valence-electron chi connectivity index (χ2n) is 6.72. The van der Waals surface area contributed by atoms with E-state index in [2.05, 4.69) is 0 Å². The summed E-state index contributed by atoms with van der Waals surface area (Å²) in [5, 5.41) is 0. The summed E-state index contributed by atoms with van der Waals surface area (Å²) >= 11 is 0. The molecule has 0 aliphatic carbocycles. The fraction of sp³-hybridized carbons (Fsp3) is 0.471. The first-order chi connectivity index (χ1) is 11.1. The van der Waals surface area contributed by atoms with Crippen LogP contribution in [-0.2, 0) is 19.0 Å². The smallest absolute Gasteiger partial charge is 0.414 e. The minimum atomic E-state index is -3.91. The molecular weight excluding hydrogens is 330 g/mol. The number of carbonyl (C=O) groups is 1. The van der Waals surface area contributed by atoms with E-state index in [9.17, 15) is 13.2 Å². The summed E-state index contributed by atoms with van der Waals surface area (Å²) in [4.78, 5) is 13.5. The third-order valence-electron chi connectivity index (χ3n) is 3.28. The lowest BCUT2D eigenvalue weighted by atomic mass is 10.2. The van der Waals surface area contributed by atoms with Gasteiger partial charge in [-0.2, -0.15) is 8.42 Å². The van der Waals surface area contributed by atoms with Crippen molar-refractivity contribution in [3.63, 3.8) is 0 Å². The van der Waals surface area contributed by atoms with E-state index < -0.39 is 21.8 Å². The largest absolute Gasteiger partial charge is 0.443 e. The Kier molecular flexibility index (Phi) is 5.22. The highest BCUT2D eigenvalue weighted by Crippen LogP contribution is 2.23. The van der Waals surface area contributed by atoms with Crippen LogP contribution in [0.2, 0.25) is 0 Å². The van der Waals surface area contributed by atoms with Crippen LogP contribution in [0.1, 0.15) is 39.2 Å². The predicted molar refractivity (Wildman–Crippen MR) is 89.7 cm³/mol. The van der Waals surface area contributed by atoms with Crippen molar-refractivity contribution in [3.05, 3.63) is 41.8 Å². The molecule has 1 heterocycles. The van der Waals surface area contributed by atoms with Gasteiger partial charge in [0.05, 0.1) is 0 Å².